The van der Waals surface area contributed by atoms with E-state index in [-0.39, 0.29) is 20.9 Å². The number of H-pyrrole nitrogens is 1. The molecule has 0 saturated heterocycles. The smallest absolute Gasteiger partial charge is 0.191 e. The molecule has 1 aromatic carbocycles. The molecule has 15 heavy (non-hydrogen) atoms. The molecule has 2 rings (SSSR count). The van der Waals surface area contributed by atoms with Crippen LogP contribution in [0.25, 0.3) is 10.9 Å². The molecule has 0 unspecified atom stereocenters. The third kappa shape index (κ3) is 1.62. The molecule has 1 aromatic heterocycles. The minimum Gasteiger partial charge on any atom is -0.358 e. The van der Waals surface area contributed by atoms with E-state index >= 15 is 0 Å². The molecule has 0 atom stereocenters. The Morgan fingerprint density at radius 3 is 2.67 bits per heavy atom. The summed E-state index contributed by atoms with van der Waals surface area (Å²) in [6.45, 7) is 1.73. The lowest BCUT2D eigenvalue weighted by Gasteiger charge is -2.04. The first-order valence-electron chi connectivity index (χ1n) is 4.18. The molecule has 2 nitrogen and oxygen atoms in total. The van der Waals surface area contributed by atoms with Gasteiger partial charge < -0.3 is 4.98 Å². The molecule has 0 bridgehead atoms. The quantitative estimate of drug-likeness (QED) is 0.711. The van der Waals surface area contributed by atoms with Crippen molar-refractivity contribution in [1.29, 1.82) is 0 Å². The van der Waals surface area contributed by atoms with Gasteiger partial charge in [0.25, 0.3) is 0 Å². The number of pyridine rings is 1. The van der Waals surface area contributed by atoms with E-state index in [4.69, 9.17) is 23.2 Å². The fourth-order valence-electron chi connectivity index (χ4n) is 1.45. The number of benzene rings is 1. The van der Waals surface area contributed by atoms with Crippen LogP contribution >= 0.6 is 23.2 Å². The van der Waals surface area contributed by atoms with Gasteiger partial charge in [0.15, 0.2) is 11.2 Å². The zero-order valence-electron chi connectivity index (χ0n) is 7.70. The van der Waals surface area contributed by atoms with E-state index in [2.05, 4.69) is 4.98 Å². The first-order valence-corrected chi connectivity index (χ1v) is 4.93. The Labute approximate surface area is 94.6 Å². The molecule has 0 aliphatic rings. The molecular weight excluding hydrogens is 240 g/mol. The minimum absolute atomic E-state index is 0.103. The lowest BCUT2D eigenvalue weighted by atomic mass is 10.2. The number of aromatic nitrogens is 1. The number of hydrogen-bond acceptors (Lipinski definition) is 1. The van der Waals surface area contributed by atoms with Crippen LogP contribution in [-0.4, -0.2) is 4.98 Å². The number of rotatable bonds is 0. The highest BCUT2D eigenvalue weighted by Gasteiger charge is 2.13. The lowest BCUT2D eigenvalue weighted by Crippen LogP contribution is -2.04. The third-order valence-electron chi connectivity index (χ3n) is 2.09. The molecule has 0 amide bonds. The van der Waals surface area contributed by atoms with E-state index in [1.54, 1.807) is 6.92 Å². The topological polar surface area (TPSA) is 32.9 Å². The maximum atomic E-state index is 13.3. The van der Waals surface area contributed by atoms with Crippen LogP contribution in [0.1, 0.15) is 5.69 Å². The van der Waals surface area contributed by atoms with Crippen LogP contribution in [0.4, 0.5) is 4.39 Å². The van der Waals surface area contributed by atoms with Crippen LogP contribution in [0.15, 0.2) is 16.9 Å². The normalized spacial score (nSPS) is 10.9. The zero-order chi connectivity index (χ0) is 11.2. The Bertz CT molecular complexity index is 606. The van der Waals surface area contributed by atoms with Gasteiger partial charge in [0.05, 0.1) is 20.9 Å². The molecule has 0 aliphatic heterocycles. The third-order valence-corrected chi connectivity index (χ3v) is 2.72. The Balaban J connectivity index is 3.06. The van der Waals surface area contributed by atoms with Crippen molar-refractivity contribution in [3.05, 3.63) is 43.9 Å². The Morgan fingerprint density at radius 2 is 2.00 bits per heavy atom. The van der Waals surface area contributed by atoms with Crippen molar-refractivity contribution < 1.29 is 4.39 Å². The highest BCUT2D eigenvalue weighted by Crippen LogP contribution is 2.28. The van der Waals surface area contributed by atoms with E-state index in [0.717, 1.165) is 0 Å². The fraction of sp³-hybridized carbons (Fsp3) is 0.100. The van der Waals surface area contributed by atoms with E-state index in [1.807, 2.05) is 0 Å². The van der Waals surface area contributed by atoms with Gasteiger partial charge in [-0.15, -0.1) is 0 Å². The van der Waals surface area contributed by atoms with Crippen LogP contribution in [0.3, 0.4) is 0 Å². The summed E-state index contributed by atoms with van der Waals surface area (Å²) in [5, 5.41) is -0.211. The summed E-state index contributed by atoms with van der Waals surface area (Å²) in [6.07, 6.45) is 0. The SMILES string of the molecule is Cc1cc(=O)c2c(Cl)c(F)c(Cl)cc2[nH]1. The summed E-state index contributed by atoms with van der Waals surface area (Å²) in [7, 11) is 0. The monoisotopic (exact) mass is 245 g/mol. The van der Waals surface area contributed by atoms with Crippen molar-refractivity contribution in [2.45, 2.75) is 6.92 Å². The van der Waals surface area contributed by atoms with Crippen molar-refractivity contribution in [3.63, 3.8) is 0 Å². The van der Waals surface area contributed by atoms with Gasteiger partial charge in [0, 0.05) is 11.8 Å². The maximum absolute atomic E-state index is 13.3. The molecule has 0 radical (unpaired) electrons. The Kier molecular flexibility index (Phi) is 2.44. The van der Waals surface area contributed by atoms with Crippen LogP contribution in [0.2, 0.25) is 10.0 Å². The van der Waals surface area contributed by atoms with Gasteiger partial charge in [-0.25, -0.2) is 4.39 Å². The highest BCUT2D eigenvalue weighted by atomic mass is 35.5. The van der Waals surface area contributed by atoms with Crippen molar-refractivity contribution >= 4 is 34.1 Å². The second kappa shape index (κ2) is 3.51. The van der Waals surface area contributed by atoms with Gasteiger partial charge in [-0.05, 0) is 13.0 Å². The summed E-state index contributed by atoms with van der Waals surface area (Å²) in [5.74, 6) is -0.764. The summed E-state index contributed by atoms with van der Waals surface area (Å²) in [4.78, 5) is 14.5. The molecule has 0 saturated carbocycles. The molecule has 0 spiro atoms. The number of aryl methyl sites for hydroxylation is 1. The van der Waals surface area contributed by atoms with Crippen LogP contribution in [-0.2, 0) is 0 Å². The van der Waals surface area contributed by atoms with Gasteiger partial charge in [-0.1, -0.05) is 23.2 Å². The van der Waals surface area contributed by atoms with Crippen molar-refractivity contribution in [2.75, 3.05) is 0 Å². The average molecular weight is 246 g/mol. The van der Waals surface area contributed by atoms with Crippen molar-refractivity contribution in [2.24, 2.45) is 0 Å². The van der Waals surface area contributed by atoms with Gasteiger partial charge in [0.2, 0.25) is 0 Å². The standard InChI is InChI=1S/C10H6Cl2FNO/c1-4-2-7(15)8-6(14-4)3-5(11)10(13)9(8)12/h2-3H,1H3,(H,14,15). The Morgan fingerprint density at radius 1 is 1.33 bits per heavy atom. The fourth-order valence-corrected chi connectivity index (χ4v) is 2.00. The summed E-state index contributed by atoms with van der Waals surface area (Å²) >= 11 is 11.3. The average Bonchev–Trinajstić information content (AvgIpc) is 2.13. The first kappa shape index (κ1) is 10.5. The second-order valence-electron chi connectivity index (χ2n) is 3.23. The molecule has 1 N–H and O–H groups in total. The summed E-state index contributed by atoms with van der Waals surface area (Å²) < 4.78 is 13.3. The zero-order valence-corrected chi connectivity index (χ0v) is 9.21. The first-order chi connectivity index (χ1) is 7.00. The summed E-state index contributed by atoms with van der Waals surface area (Å²) in [6, 6.07) is 2.72. The number of fused-ring (bicyclic) bond motifs is 1. The second-order valence-corrected chi connectivity index (χ2v) is 4.01. The number of halogens is 3. The van der Waals surface area contributed by atoms with E-state index in [1.165, 1.54) is 12.1 Å². The molecule has 0 fully saturated rings. The largest absolute Gasteiger partial charge is 0.358 e. The van der Waals surface area contributed by atoms with E-state index in [0.29, 0.717) is 11.2 Å². The number of nitrogens with one attached hydrogen (secondary N) is 1. The Hall–Kier alpha value is -1.06. The molecule has 78 valence electrons. The van der Waals surface area contributed by atoms with Gasteiger partial charge >= 0.3 is 0 Å². The highest BCUT2D eigenvalue weighted by molar-refractivity contribution is 6.38. The number of aromatic amines is 1. The molecule has 0 aliphatic carbocycles. The minimum atomic E-state index is -0.764. The predicted molar refractivity (Wildman–Crippen MR) is 59.3 cm³/mol. The van der Waals surface area contributed by atoms with E-state index < -0.39 is 5.82 Å². The van der Waals surface area contributed by atoms with Gasteiger partial charge in [0.1, 0.15) is 0 Å². The molecule has 2 aromatic rings. The van der Waals surface area contributed by atoms with Crippen molar-refractivity contribution in [3.8, 4) is 0 Å². The molecule has 5 heteroatoms. The molecular formula is C10H6Cl2FNO. The van der Waals surface area contributed by atoms with Crippen LogP contribution in [0.5, 0.6) is 0 Å². The van der Waals surface area contributed by atoms with Gasteiger partial charge in [-0.3, -0.25) is 4.79 Å². The van der Waals surface area contributed by atoms with Crippen LogP contribution < -0.4 is 5.43 Å². The lowest BCUT2D eigenvalue weighted by molar-refractivity contribution is 0.630. The van der Waals surface area contributed by atoms with Crippen molar-refractivity contribution in [1.82, 2.24) is 4.98 Å². The van der Waals surface area contributed by atoms with Gasteiger partial charge in [-0.2, -0.15) is 0 Å². The predicted octanol–water partition coefficient (Wildman–Crippen LogP) is 3.28. The molecule has 1 heterocycles. The maximum Gasteiger partial charge on any atom is 0.191 e. The van der Waals surface area contributed by atoms with Crippen LogP contribution in [0, 0.1) is 12.7 Å². The number of hydrogen-bond donors (Lipinski definition) is 1. The van der Waals surface area contributed by atoms with E-state index in [9.17, 15) is 9.18 Å². The summed E-state index contributed by atoms with van der Waals surface area (Å²) in [5.41, 5.74) is 0.796.